The zero-order valence-electron chi connectivity index (χ0n) is 16.6. The molecule has 0 bridgehead atoms. The molecule has 9 heteroatoms. The lowest BCUT2D eigenvalue weighted by Gasteiger charge is -2.45. The zero-order chi connectivity index (χ0) is 21.1. The van der Waals surface area contributed by atoms with E-state index in [0.29, 0.717) is 18.6 Å². The van der Waals surface area contributed by atoms with Gasteiger partial charge in [0.15, 0.2) is 6.10 Å². The quantitative estimate of drug-likeness (QED) is 0.388. The maximum atomic E-state index is 12.1. The molecule has 3 rings (SSSR count). The summed E-state index contributed by atoms with van der Waals surface area (Å²) in [6.45, 7) is 1.72. The van der Waals surface area contributed by atoms with Gasteiger partial charge in [-0.05, 0) is 46.9 Å². The van der Waals surface area contributed by atoms with Gasteiger partial charge in [0.1, 0.15) is 5.75 Å². The summed E-state index contributed by atoms with van der Waals surface area (Å²) in [6.07, 6.45) is -1.10. The fourth-order valence-corrected chi connectivity index (χ4v) is 4.36. The van der Waals surface area contributed by atoms with Crippen LogP contribution in [0.3, 0.4) is 0 Å². The molecule has 29 heavy (non-hydrogen) atoms. The van der Waals surface area contributed by atoms with Crippen LogP contribution in [-0.2, 0) is 19.1 Å². The summed E-state index contributed by atoms with van der Waals surface area (Å²) in [5, 5.41) is 19.5. The molecule has 4 unspecified atom stereocenters. The highest BCUT2D eigenvalue weighted by Crippen LogP contribution is 2.45. The zero-order valence-corrected chi connectivity index (χ0v) is 17.7. The van der Waals surface area contributed by atoms with E-state index in [9.17, 15) is 19.8 Å². The van der Waals surface area contributed by atoms with Crippen LogP contribution < -0.4 is 4.74 Å². The summed E-state index contributed by atoms with van der Waals surface area (Å²) in [5.74, 6) is -0.0880. The first-order valence-electron chi connectivity index (χ1n) is 9.74. The largest absolute Gasteiger partial charge is 0.467 e. The summed E-state index contributed by atoms with van der Waals surface area (Å²) in [7, 11) is 3.73. The van der Waals surface area contributed by atoms with Gasteiger partial charge >= 0.3 is 5.97 Å². The molecular formula is C20H28NO7P. The number of esters is 1. The maximum absolute atomic E-state index is 12.1. The number of rotatable bonds is 7. The number of carbonyl (C=O) groups excluding carboxylic acids is 2. The standard InChI is InChI=1S/C20H28NO7P/c1-11(22)3-8-15-18(21(29)19(15)24)12-4-6-14(7-5-12)27-17-10-13(23)9-16(28-17)20(25)26-2/h4-7,11,13,15-18,22-23H,3,8-10,29H2,1-2H3/t11?,13-,15?,16-,17+,18?/m0/s1. The lowest BCUT2D eigenvalue weighted by atomic mass is 9.81. The first kappa shape index (κ1) is 22.0. The van der Waals surface area contributed by atoms with Crippen molar-refractivity contribution in [3.8, 4) is 5.75 Å². The van der Waals surface area contributed by atoms with E-state index in [2.05, 4.69) is 14.1 Å². The number of ether oxygens (including phenoxy) is 3. The van der Waals surface area contributed by atoms with E-state index >= 15 is 0 Å². The number of β-lactam (4-membered cyclic amide) rings is 1. The van der Waals surface area contributed by atoms with Crippen molar-refractivity contribution in [2.24, 2.45) is 5.92 Å². The minimum atomic E-state index is -0.852. The molecule has 0 spiro atoms. The average Bonchev–Trinajstić information content (AvgIpc) is 2.70. The molecule has 0 aliphatic carbocycles. The van der Waals surface area contributed by atoms with E-state index in [1.807, 2.05) is 12.1 Å². The summed E-state index contributed by atoms with van der Waals surface area (Å²) < 4.78 is 17.7. The maximum Gasteiger partial charge on any atom is 0.335 e. The van der Waals surface area contributed by atoms with Gasteiger partial charge in [0.2, 0.25) is 12.2 Å². The number of nitrogens with zero attached hydrogens (tertiary/aromatic N) is 1. The Hall–Kier alpha value is -1.73. The first-order chi connectivity index (χ1) is 13.8. The predicted molar refractivity (Wildman–Crippen MR) is 107 cm³/mol. The molecule has 2 heterocycles. The molecule has 1 aromatic carbocycles. The molecule has 8 nitrogen and oxygen atoms in total. The van der Waals surface area contributed by atoms with E-state index in [1.165, 1.54) is 7.11 Å². The van der Waals surface area contributed by atoms with Crippen molar-refractivity contribution in [1.29, 1.82) is 0 Å². The van der Waals surface area contributed by atoms with Gasteiger partial charge in [0.05, 0.1) is 31.3 Å². The fraction of sp³-hybridized carbons (Fsp3) is 0.600. The number of amides is 1. The van der Waals surface area contributed by atoms with Gasteiger partial charge < -0.3 is 29.1 Å². The molecule has 2 N–H and O–H groups in total. The topological polar surface area (TPSA) is 106 Å². The van der Waals surface area contributed by atoms with Gasteiger partial charge in [-0.25, -0.2) is 4.79 Å². The predicted octanol–water partition coefficient (Wildman–Crippen LogP) is 1.55. The molecule has 1 amide bonds. The highest BCUT2D eigenvalue weighted by molar-refractivity contribution is 7.15. The molecule has 2 saturated heterocycles. The third kappa shape index (κ3) is 5.07. The number of hydrogen-bond donors (Lipinski definition) is 2. The third-order valence-corrected chi connectivity index (χ3v) is 5.94. The monoisotopic (exact) mass is 425 g/mol. The second-order valence-corrected chi connectivity index (χ2v) is 8.17. The van der Waals surface area contributed by atoms with Crippen LogP contribution in [0.5, 0.6) is 5.75 Å². The molecule has 7 atom stereocenters. The van der Waals surface area contributed by atoms with Crippen molar-refractivity contribution in [2.45, 2.75) is 63.3 Å². The van der Waals surface area contributed by atoms with E-state index < -0.39 is 30.6 Å². The van der Waals surface area contributed by atoms with Crippen LogP contribution in [0.2, 0.25) is 0 Å². The fourth-order valence-electron chi connectivity index (χ4n) is 3.78. The third-order valence-electron chi connectivity index (χ3n) is 5.37. The summed E-state index contributed by atoms with van der Waals surface area (Å²) in [4.78, 5) is 23.8. The number of carbonyl (C=O) groups is 2. The summed E-state index contributed by atoms with van der Waals surface area (Å²) >= 11 is 0. The Kier molecular flexibility index (Phi) is 7.11. The van der Waals surface area contributed by atoms with E-state index in [4.69, 9.17) is 9.47 Å². The Morgan fingerprint density at radius 1 is 1.34 bits per heavy atom. The van der Waals surface area contributed by atoms with Crippen LogP contribution in [0.25, 0.3) is 0 Å². The van der Waals surface area contributed by atoms with Gasteiger partial charge in [-0.15, -0.1) is 0 Å². The van der Waals surface area contributed by atoms with Gasteiger partial charge in [-0.3, -0.25) is 4.79 Å². The molecule has 2 aliphatic rings. The van der Waals surface area contributed by atoms with Gasteiger partial charge in [0.25, 0.3) is 0 Å². The second kappa shape index (κ2) is 9.39. The van der Waals surface area contributed by atoms with Crippen LogP contribution in [0.15, 0.2) is 24.3 Å². The second-order valence-electron chi connectivity index (χ2n) is 7.61. The summed E-state index contributed by atoms with van der Waals surface area (Å²) in [5.41, 5.74) is 0.972. The van der Waals surface area contributed by atoms with Crippen LogP contribution in [0.4, 0.5) is 0 Å². The van der Waals surface area contributed by atoms with E-state index in [-0.39, 0.29) is 30.7 Å². The molecule has 1 aromatic rings. The molecule has 0 radical (unpaired) electrons. The Morgan fingerprint density at radius 2 is 2.03 bits per heavy atom. The number of benzene rings is 1. The van der Waals surface area contributed by atoms with Crippen molar-refractivity contribution in [3.05, 3.63) is 29.8 Å². The van der Waals surface area contributed by atoms with Crippen molar-refractivity contribution >= 4 is 21.3 Å². The minimum Gasteiger partial charge on any atom is -0.467 e. The Labute approximate surface area is 172 Å². The lowest BCUT2D eigenvalue weighted by Crippen LogP contribution is -2.49. The first-order valence-corrected chi connectivity index (χ1v) is 10.3. The molecule has 0 saturated carbocycles. The number of aliphatic hydroxyl groups excluding tert-OH is 2. The Balaban J connectivity index is 1.62. The van der Waals surface area contributed by atoms with Crippen LogP contribution in [0.1, 0.15) is 44.2 Å². The normalized spacial score (nSPS) is 30.4. The highest BCUT2D eigenvalue weighted by Gasteiger charge is 2.45. The number of hydrogen-bond acceptors (Lipinski definition) is 7. The van der Waals surface area contributed by atoms with Gasteiger partial charge in [-0.1, -0.05) is 12.1 Å². The Morgan fingerprint density at radius 3 is 2.66 bits per heavy atom. The molecule has 2 fully saturated rings. The highest BCUT2D eigenvalue weighted by atomic mass is 31.0. The van der Waals surface area contributed by atoms with Crippen LogP contribution >= 0.6 is 9.39 Å². The number of aliphatic hydroxyl groups is 2. The van der Waals surface area contributed by atoms with Crippen molar-refractivity contribution in [1.82, 2.24) is 4.67 Å². The average molecular weight is 425 g/mol. The molecule has 160 valence electrons. The van der Waals surface area contributed by atoms with Crippen molar-refractivity contribution in [3.63, 3.8) is 0 Å². The molecule has 2 aliphatic heterocycles. The van der Waals surface area contributed by atoms with Crippen molar-refractivity contribution < 1.29 is 34.0 Å². The Bertz CT molecular complexity index is 726. The smallest absolute Gasteiger partial charge is 0.335 e. The SMILES string of the molecule is COC(=O)[C@@H]1C[C@H](O)C[C@H](Oc2ccc(C3C(CCC(C)O)C(=O)N3P)cc2)O1. The van der Waals surface area contributed by atoms with E-state index in [1.54, 1.807) is 23.7 Å². The van der Waals surface area contributed by atoms with Crippen LogP contribution in [-0.4, -0.2) is 58.5 Å². The van der Waals surface area contributed by atoms with Gasteiger partial charge in [-0.2, -0.15) is 0 Å². The molecule has 0 aromatic heterocycles. The minimum absolute atomic E-state index is 0.0550. The lowest BCUT2D eigenvalue weighted by molar-refractivity contribution is -0.197. The van der Waals surface area contributed by atoms with Gasteiger partial charge in [0, 0.05) is 12.8 Å². The number of methoxy groups -OCH3 is 1. The molecular weight excluding hydrogens is 397 g/mol. The van der Waals surface area contributed by atoms with Crippen molar-refractivity contribution in [2.75, 3.05) is 7.11 Å². The summed E-state index contributed by atoms with van der Waals surface area (Å²) in [6, 6.07) is 7.27. The van der Waals surface area contributed by atoms with E-state index in [0.717, 1.165) is 5.56 Å². The van der Waals surface area contributed by atoms with Crippen LogP contribution in [0, 0.1) is 5.92 Å².